The molecule has 0 saturated carbocycles. The van der Waals surface area contributed by atoms with Gasteiger partial charge in [0.15, 0.2) is 0 Å². The van der Waals surface area contributed by atoms with E-state index in [0.717, 1.165) is 31.7 Å². The van der Waals surface area contributed by atoms with Crippen molar-refractivity contribution >= 4 is 69.5 Å². The number of rotatable bonds is 11. The molecule has 0 atom stereocenters. The zero-order valence-electron chi connectivity index (χ0n) is 22.1. The second-order valence-electron chi connectivity index (χ2n) is 9.13. The zero-order valence-corrected chi connectivity index (χ0v) is 25.2. The van der Waals surface area contributed by atoms with Crippen LogP contribution in [0.4, 0.5) is 11.5 Å². The number of carbonyl (C=O) groups is 2. The molecule has 1 aliphatic rings. The summed E-state index contributed by atoms with van der Waals surface area (Å²) in [6.45, 7) is 7.38. The molecule has 40 heavy (non-hydrogen) atoms. The van der Waals surface area contributed by atoms with E-state index in [1.54, 1.807) is 12.1 Å². The Bertz CT molecular complexity index is 1330. The molecule has 13 heteroatoms. The molecule has 0 unspecified atom stereocenters. The van der Waals surface area contributed by atoms with Gasteiger partial charge in [0, 0.05) is 56.6 Å². The Morgan fingerprint density at radius 3 is 2.50 bits per heavy atom. The van der Waals surface area contributed by atoms with Gasteiger partial charge in [-0.25, -0.2) is 4.98 Å². The summed E-state index contributed by atoms with van der Waals surface area (Å²) in [5.74, 6) is -0.508. The van der Waals surface area contributed by atoms with Crippen LogP contribution in [0.5, 0.6) is 5.75 Å². The molecule has 4 rings (SSSR count). The quantitative estimate of drug-likeness (QED) is 0.261. The minimum Gasteiger partial charge on any atom is -0.489 e. The van der Waals surface area contributed by atoms with Gasteiger partial charge in [-0.05, 0) is 43.1 Å². The van der Waals surface area contributed by atoms with E-state index in [1.807, 2.05) is 12.3 Å². The Hall–Kier alpha value is -2.44. The molecule has 0 bridgehead atoms. The van der Waals surface area contributed by atoms with Crippen molar-refractivity contribution in [1.29, 1.82) is 0 Å². The van der Waals surface area contributed by atoms with Crippen LogP contribution >= 0.6 is 46.1 Å². The molecular formula is C27H30Cl3N5O4S. The maximum absolute atomic E-state index is 13.5. The van der Waals surface area contributed by atoms with Gasteiger partial charge < -0.3 is 25.0 Å². The number of hydrogen-bond donors (Lipinski definition) is 2. The van der Waals surface area contributed by atoms with E-state index in [2.05, 4.69) is 32.5 Å². The summed E-state index contributed by atoms with van der Waals surface area (Å²) in [7, 11) is 2.10. The number of piperazine rings is 1. The Morgan fingerprint density at radius 1 is 1.02 bits per heavy atom. The summed E-state index contributed by atoms with van der Waals surface area (Å²) < 4.78 is 11.2. The van der Waals surface area contributed by atoms with Crippen molar-refractivity contribution in [2.45, 2.75) is 13.5 Å². The van der Waals surface area contributed by atoms with Gasteiger partial charge in [-0.15, -0.1) is 11.3 Å². The van der Waals surface area contributed by atoms with Crippen molar-refractivity contribution < 1.29 is 19.1 Å². The fourth-order valence-corrected chi connectivity index (χ4v) is 5.61. The van der Waals surface area contributed by atoms with Gasteiger partial charge in [-0.1, -0.05) is 34.8 Å². The molecule has 1 aliphatic heterocycles. The van der Waals surface area contributed by atoms with E-state index >= 15 is 0 Å². The number of pyridine rings is 1. The Kier molecular flexibility index (Phi) is 11.0. The number of likely N-dealkylation sites (N-methyl/N-ethyl adjacent to an activating group) is 1. The number of ether oxygens (including phenoxy) is 2. The smallest absolute Gasteiger partial charge is 0.267 e. The highest BCUT2D eigenvalue weighted by Gasteiger charge is 2.25. The molecule has 0 spiro atoms. The summed E-state index contributed by atoms with van der Waals surface area (Å²) >= 11 is 20.2. The third-order valence-corrected chi connectivity index (χ3v) is 8.22. The molecule has 0 radical (unpaired) electrons. The number of hydrogen-bond acceptors (Lipinski definition) is 8. The van der Waals surface area contributed by atoms with Crippen molar-refractivity contribution in [3.8, 4) is 5.75 Å². The number of benzene rings is 1. The Labute approximate surface area is 252 Å². The second kappa shape index (κ2) is 14.5. The number of carbonyl (C=O) groups excluding carboxylic acids is 2. The number of halogens is 3. The minimum atomic E-state index is -0.546. The van der Waals surface area contributed by atoms with Crippen LogP contribution in [-0.4, -0.2) is 79.6 Å². The van der Waals surface area contributed by atoms with Crippen LogP contribution in [0.25, 0.3) is 0 Å². The zero-order chi connectivity index (χ0) is 28.6. The van der Waals surface area contributed by atoms with Gasteiger partial charge in [-0.3, -0.25) is 14.5 Å². The SMILES string of the molecule is CCOCCOc1cc(Cl)cc(C(=O)Nc2ccc(Cl)cn2)c1NC(=O)c1scc(CN2CCN(C)CC2)c1Cl. The predicted molar refractivity (Wildman–Crippen MR) is 161 cm³/mol. The lowest BCUT2D eigenvalue weighted by molar-refractivity contribution is 0.102. The van der Waals surface area contributed by atoms with Crippen LogP contribution in [0.15, 0.2) is 35.8 Å². The third-order valence-electron chi connectivity index (χ3n) is 6.20. The summed E-state index contributed by atoms with van der Waals surface area (Å²) in [4.78, 5) is 35.9. The maximum Gasteiger partial charge on any atom is 0.267 e. The highest BCUT2D eigenvalue weighted by Crippen LogP contribution is 2.36. The standard InChI is InChI=1S/C27H30Cl3N5O4S/c1-3-38-10-11-39-21-13-19(29)12-20(26(36)32-22-5-4-18(28)14-31-22)24(21)33-27(37)25-23(30)17(16-40-25)15-35-8-6-34(2)7-9-35/h4-5,12-14,16H,3,6-11,15H2,1-2H3,(H,33,37)(H,31,32,36). The molecule has 2 aromatic heterocycles. The van der Waals surface area contributed by atoms with E-state index in [1.165, 1.54) is 29.7 Å². The third kappa shape index (κ3) is 8.07. The van der Waals surface area contributed by atoms with Crippen LogP contribution in [0.3, 0.4) is 0 Å². The fraction of sp³-hybridized carbons (Fsp3) is 0.370. The van der Waals surface area contributed by atoms with Gasteiger partial charge >= 0.3 is 0 Å². The van der Waals surface area contributed by atoms with Crippen molar-refractivity contribution in [3.05, 3.63) is 66.9 Å². The molecule has 1 aromatic carbocycles. The second-order valence-corrected chi connectivity index (χ2v) is 11.3. The van der Waals surface area contributed by atoms with Crippen LogP contribution < -0.4 is 15.4 Å². The fourth-order valence-electron chi connectivity index (χ4n) is 4.05. The van der Waals surface area contributed by atoms with Crippen molar-refractivity contribution in [2.75, 3.05) is 63.7 Å². The van der Waals surface area contributed by atoms with Crippen molar-refractivity contribution in [1.82, 2.24) is 14.8 Å². The number of anilines is 2. The van der Waals surface area contributed by atoms with Crippen LogP contribution in [0, 0.1) is 0 Å². The summed E-state index contributed by atoms with van der Waals surface area (Å²) in [6, 6.07) is 6.16. The molecule has 0 aliphatic carbocycles. The van der Waals surface area contributed by atoms with Gasteiger partial charge in [0.1, 0.15) is 23.1 Å². The number of thiophene rings is 1. The topological polar surface area (TPSA) is 96.0 Å². The summed E-state index contributed by atoms with van der Waals surface area (Å²) in [5.41, 5.74) is 1.13. The molecule has 2 N–H and O–H groups in total. The average Bonchev–Trinajstić information content (AvgIpc) is 3.30. The molecule has 1 saturated heterocycles. The molecule has 9 nitrogen and oxygen atoms in total. The highest BCUT2D eigenvalue weighted by atomic mass is 35.5. The summed E-state index contributed by atoms with van der Waals surface area (Å²) in [5, 5.41) is 8.52. The summed E-state index contributed by atoms with van der Waals surface area (Å²) in [6.07, 6.45) is 1.42. The average molecular weight is 627 g/mol. The monoisotopic (exact) mass is 625 g/mol. The van der Waals surface area contributed by atoms with Crippen molar-refractivity contribution in [3.63, 3.8) is 0 Å². The first kappa shape index (κ1) is 30.5. The molecule has 214 valence electrons. The molecule has 2 amide bonds. The molecule has 3 heterocycles. The number of nitrogens with one attached hydrogen (secondary N) is 2. The van der Waals surface area contributed by atoms with Crippen LogP contribution in [0.2, 0.25) is 15.1 Å². The lowest BCUT2D eigenvalue weighted by Crippen LogP contribution is -2.43. The number of nitrogens with zero attached hydrogens (tertiary/aromatic N) is 3. The number of aromatic nitrogens is 1. The highest BCUT2D eigenvalue weighted by molar-refractivity contribution is 7.13. The van der Waals surface area contributed by atoms with Gasteiger partial charge in [-0.2, -0.15) is 0 Å². The molecule has 1 fully saturated rings. The van der Waals surface area contributed by atoms with E-state index in [4.69, 9.17) is 44.3 Å². The maximum atomic E-state index is 13.5. The molecular weight excluding hydrogens is 597 g/mol. The first-order valence-electron chi connectivity index (χ1n) is 12.7. The van der Waals surface area contributed by atoms with E-state index < -0.39 is 11.8 Å². The largest absolute Gasteiger partial charge is 0.489 e. The predicted octanol–water partition coefficient (Wildman–Crippen LogP) is 5.77. The van der Waals surface area contributed by atoms with Gasteiger partial charge in [0.25, 0.3) is 11.8 Å². The van der Waals surface area contributed by atoms with E-state index in [9.17, 15) is 9.59 Å². The lowest BCUT2D eigenvalue weighted by Gasteiger charge is -2.32. The van der Waals surface area contributed by atoms with Crippen LogP contribution in [-0.2, 0) is 11.3 Å². The normalized spacial score (nSPS) is 14.2. The molecule has 3 aromatic rings. The number of amides is 2. The van der Waals surface area contributed by atoms with Gasteiger partial charge in [0.05, 0.1) is 27.9 Å². The van der Waals surface area contributed by atoms with E-state index in [0.29, 0.717) is 34.7 Å². The first-order valence-corrected chi connectivity index (χ1v) is 14.7. The van der Waals surface area contributed by atoms with E-state index in [-0.39, 0.29) is 34.4 Å². The lowest BCUT2D eigenvalue weighted by atomic mass is 10.1. The Morgan fingerprint density at radius 2 is 1.80 bits per heavy atom. The Balaban J connectivity index is 1.59. The van der Waals surface area contributed by atoms with Crippen molar-refractivity contribution in [2.24, 2.45) is 0 Å². The minimum absolute atomic E-state index is 0.0920. The van der Waals surface area contributed by atoms with Crippen LogP contribution in [0.1, 0.15) is 32.5 Å². The first-order chi connectivity index (χ1) is 19.2. The van der Waals surface area contributed by atoms with Gasteiger partial charge in [0.2, 0.25) is 0 Å².